The predicted molar refractivity (Wildman–Crippen MR) is 169 cm³/mol. The van der Waals surface area contributed by atoms with Crippen molar-refractivity contribution in [1.29, 1.82) is 0 Å². The van der Waals surface area contributed by atoms with Gasteiger partial charge in [-0.05, 0) is 43.0 Å². The number of carbonyl (C=O) groups is 2. The van der Waals surface area contributed by atoms with Crippen molar-refractivity contribution in [2.75, 3.05) is 17.1 Å². The maximum absolute atomic E-state index is 14.3. The van der Waals surface area contributed by atoms with Crippen LogP contribution in [0.4, 0.5) is 5.69 Å². The van der Waals surface area contributed by atoms with Crippen LogP contribution in [0.5, 0.6) is 0 Å². The molecule has 0 radical (unpaired) electrons. The van der Waals surface area contributed by atoms with Crippen LogP contribution in [0.2, 0.25) is 10.0 Å². The van der Waals surface area contributed by atoms with Gasteiger partial charge in [0.05, 0.1) is 22.0 Å². The number of rotatable bonds is 11. The van der Waals surface area contributed by atoms with Crippen LogP contribution in [-0.4, -0.2) is 50.0 Å². The van der Waals surface area contributed by atoms with Gasteiger partial charge in [0.2, 0.25) is 21.8 Å². The standard InChI is InChI=1S/C32H37Cl2N3O4S/c1-23-11-9-14-25(19-23)21-36(30(38)22-37(42(2,40)41)28-18-10-17-27(33)31(28)34)29(20-24-12-5-3-6-13-24)32(39)35-26-15-7-4-8-16-26/h3,5-6,9-14,17-19,26,29H,4,7-8,15-16,20-22H2,1-2H3,(H,35,39)/t29-/m0/s1. The van der Waals surface area contributed by atoms with Crippen molar-refractivity contribution < 1.29 is 18.0 Å². The molecule has 0 unspecified atom stereocenters. The van der Waals surface area contributed by atoms with Crippen molar-refractivity contribution in [1.82, 2.24) is 10.2 Å². The number of hydrogen-bond donors (Lipinski definition) is 1. The van der Waals surface area contributed by atoms with Crippen LogP contribution in [0.25, 0.3) is 0 Å². The van der Waals surface area contributed by atoms with E-state index in [0.29, 0.717) is 0 Å². The molecule has 3 aromatic rings. The third-order valence-electron chi connectivity index (χ3n) is 7.54. The summed E-state index contributed by atoms with van der Waals surface area (Å²) in [5, 5.41) is 3.39. The van der Waals surface area contributed by atoms with Gasteiger partial charge in [-0.3, -0.25) is 13.9 Å². The van der Waals surface area contributed by atoms with E-state index in [1.165, 1.54) is 11.0 Å². The fourth-order valence-corrected chi connectivity index (χ4v) is 6.69. The van der Waals surface area contributed by atoms with Gasteiger partial charge in [-0.25, -0.2) is 8.42 Å². The zero-order chi connectivity index (χ0) is 30.3. The van der Waals surface area contributed by atoms with E-state index in [4.69, 9.17) is 23.2 Å². The Hall–Kier alpha value is -3.07. The Balaban J connectivity index is 1.74. The molecule has 0 saturated heterocycles. The van der Waals surface area contributed by atoms with Crippen molar-refractivity contribution >= 4 is 50.7 Å². The van der Waals surface area contributed by atoms with Crippen LogP contribution in [0.15, 0.2) is 72.8 Å². The number of carbonyl (C=O) groups excluding carboxylic acids is 2. The third kappa shape index (κ3) is 8.49. The molecule has 0 heterocycles. The van der Waals surface area contributed by atoms with Crippen molar-refractivity contribution in [2.24, 2.45) is 0 Å². The maximum Gasteiger partial charge on any atom is 0.244 e. The van der Waals surface area contributed by atoms with Crippen molar-refractivity contribution in [2.45, 2.75) is 64.1 Å². The lowest BCUT2D eigenvalue weighted by Crippen LogP contribution is -2.55. The summed E-state index contributed by atoms with van der Waals surface area (Å²) < 4.78 is 26.9. The quantitative estimate of drug-likeness (QED) is 0.275. The summed E-state index contributed by atoms with van der Waals surface area (Å²) in [5.74, 6) is -0.781. The molecule has 0 aliphatic heterocycles. The van der Waals surface area contributed by atoms with Gasteiger partial charge in [0, 0.05) is 19.0 Å². The number of nitrogens with one attached hydrogen (secondary N) is 1. The summed E-state index contributed by atoms with van der Waals surface area (Å²) in [6.07, 6.45) is 6.31. The molecule has 4 rings (SSSR count). The van der Waals surface area contributed by atoms with E-state index in [1.54, 1.807) is 12.1 Å². The molecule has 42 heavy (non-hydrogen) atoms. The highest BCUT2D eigenvalue weighted by Crippen LogP contribution is 2.34. The normalized spacial score (nSPS) is 14.7. The molecule has 0 spiro atoms. The number of amides is 2. The van der Waals surface area contributed by atoms with Crippen molar-refractivity contribution in [3.8, 4) is 0 Å². The fraction of sp³-hybridized carbons (Fsp3) is 0.375. The molecule has 1 aliphatic rings. The molecular weight excluding hydrogens is 593 g/mol. The van der Waals surface area contributed by atoms with E-state index in [-0.39, 0.29) is 40.6 Å². The molecule has 1 N–H and O–H groups in total. The highest BCUT2D eigenvalue weighted by molar-refractivity contribution is 7.92. The molecule has 10 heteroatoms. The van der Waals surface area contributed by atoms with E-state index in [9.17, 15) is 18.0 Å². The molecule has 1 aliphatic carbocycles. The van der Waals surface area contributed by atoms with Gasteiger partial charge in [0.1, 0.15) is 12.6 Å². The predicted octanol–water partition coefficient (Wildman–Crippen LogP) is 6.16. The number of halogens is 2. The summed E-state index contributed by atoms with van der Waals surface area (Å²) in [6.45, 7) is 1.53. The van der Waals surface area contributed by atoms with Crippen LogP contribution in [-0.2, 0) is 32.6 Å². The molecule has 1 atom stereocenters. The fourth-order valence-electron chi connectivity index (χ4n) is 5.39. The lowest BCUT2D eigenvalue weighted by atomic mass is 9.94. The van der Waals surface area contributed by atoms with Gasteiger partial charge in [-0.2, -0.15) is 0 Å². The first-order chi connectivity index (χ1) is 20.0. The first kappa shape index (κ1) is 31.9. The minimum absolute atomic E-state index is 0.0264. The second kappa shape index (κ2) is 14.4. The van der Waals surface area contributed by atoms with Crippen LogP contribution in [0, 0.1) is 6.92 Å². The average Bonchev–Trinajstić information content (AvgIpc) is 2.95. The largest absolute Gasteiger partial charge is 0.352 e. The van der Waals surface area contributed by atoms with Crippen molar-refractivity contribution in [3.05, 3.63) is 99.5 Å². The minimum Gasteiger partial charge on any atom is -0.352 e. The van der Waals surface area contributed by atoms with E-state index >= 15 is 0 Å². The van der Waals surface area contributed by atoms with Gasteiger partial charge in [0.15, 0.2) is 0 Å². The summed E-state index contributed by atoms with van der Waals surface area (Å²) >= 11 is 12.6. The van der Waals surface area contributed by atoms with E-state index in [0.717, 1.165) is 59.4 Å². The first-order valence-corrected chi connectivity index (χ1v) is 16.7. The first-order valence-electron chi connectivity index (χ1n) is 14.1. The van der Waals surface area contributed by atoms with Crippen LogP contribution < -0.4 is 9.62 Å². The number of aryl methyl sites for hydroxylation is 1. The second-order valence-electron chi connectivity index (χ2n) is 10.9. The zero-order valence-electron chi connectivity index (χ0n) is 23.9. The Labute approximate surface area is 258 Å². The van der Waals surface area contributed by atoms with Gasteiger partial charge in [0.25, 0.3) is 0 Å². The summed E-state index contributed by atoms with van der Waals surface area (Å²) in [7, 11) is -3.95. The number of nitrogens with zero attached hydrogens (tertiary/aromatic N) is 2. The summed E-state index contributed by atoms with van der Waals surface area (Å²) in [4.78, 5) is 29.7. The van der Waals surface area contributed by atoms with Crippen LogP contribution in [0.1, 0.15) is 48.8 Å². The van der Waals surface area contributed by atoms with E-state index in [1.807, 2.05) is 61.5 Å². The Bertz CT molecular complexity index is 1490. The van der Waals surface area contributed by atoms with E-state index in [2.05, 4.69) is 5.32 Å². The molecule has 7 nitrogen and oxygen atoms in total. The molecule has 0 bridgehead atoms. The average molecular weight is 631 g/mol. The smallest absolute Gasteiger partial charge is 0.244 e. The Morgan fingerprint density at radius 1 is 0.929 bits per heavy atom. The van der Waals surface area contributed by atoms with Gasteiger partial charge in [-0.1, -0.05) is 109 Å². The topological polar surface area (TPSA) is 86.8 Å². The zero-order valence-corrected chi connectivity index (χ0v) is 26.3. The van der Waals surface area contributed by atoms with Gasteiger partial charge < -0.3 is 10.2 Å². The number of anilines is 1. The molecule has 1 fully saturated rings. The molecule has 2 amide bonds. The minimum atomic E-state index is -3.95. The Morgan fingerprint density at radius 3 is 2.26 bits per heavy atom. The Morgan fingerprint density at radius 2 is 1.60 bits per heavy atom. The molecule has 0 aromatic heterocycles. The Kier molecular flexibility index (Phi) is 10.9. The molecule has 1 saturated carbocycles. The molecular formula is C32H37Cl2N3O4S. The summed E-state index contributed by atoms with van der Waals surface area (Å²) in [6, 6.07) is 21.0. The summed E-state index contributed by atoms with van der Waals surface area (Å²) in [5.41, 5.74) is 2.83. The SMILES string of the molecule is Cc1cccc(CN(C(=O)CN(c2cccc(Cl)c2Cl)S(C)(=O)=O)[C@@H](Cc2ccccc2)C(=O)NC2CCCCC2)c1. The lowest BCUT2D eigenvalue weighted by Gasteiger charge is -2.35. The van der Waals surface area contributed by atoms with Crippen LogP contribution in [0.3, 0.4) is 0 Å². The van der Waals surface area contributed by atoms with Gasteiger partial charge in [-0.15, -0.1) is 0 Å². The number of hydrogen-bond acceptors (Lipinski definition) is 4. The molecule has 224 valence electrons. The number of benzene rings is 3. The monoisotopic (exact) mass is 629 g/mol. The van der Waals surface area contributed by atoms with Crippen LogP contribution >= 0.6 is 23.2 Å². The van der Waals surface area contributed by atoms with Crippen molar-refractivity contribution in [3.63, 3.8) is 0 Å². The second-order valence-corrected chi connectivity index (χ2v) is 13.6. The van der Waals surface area contributed by atoms with Gasteiger partial charge >= 0.3 is 0 Å². The highest BCUT2D eigenvalue weighted by Gasteiger charge is 2.34. The molecule has 3 aromatic carbocycles. The highest BCUT2D eigenvalue weighted by atomic mass is 35.5. The maximum atomic E-state index is 14.3. The number of sulfonamides is 1. The lowest BCUT2D eigenvalue weighted by molar-refractivity contribution is -0.140. The third-order valence-corrected chi connectivity index (χ3v) is 9.47. The van der Waals surface area contributed by atoms with E-state index < -0.39 is 28.5 Å².